The van der Waals surface area contributed by atoms with Crippen LogP contribution in [-0.4, -0.2) is 57.0 Å². The lowest BCUT2D eigenvalue weighted by molar-refractivity contribution is -0.0843. The Morgan fingerprint density at radius 2 is 1.89 bits per heavy atom. The van der Waals surface area contributed by atoms with Crippen LogP contribution in [0.25, 0.3) is 10.9 Å². The first-order valence-electron chi connectivity index (χ1n) is 12.1. The molecule has 5 rings (SSSR count). The number of rotatable bonds is 6. The van der Waals surface area contributed by atoms with Gasteiger partial charge in [0.25, 0.3) is 5.91 Å². The zero-order chi connectivity index (χ0) is 24.5. The van der Waals surface area contributed by atoms with Crippen molar-refractivity contribution in [3.63, 3.8) is 0 Å². The number of morpholine rings is 1. The molecule has 2 aromatic carbocycles. The van der Waals surface area contributed by atoms with Crippen molar-refractivity contribution >= 4 is 16.8 Å². The van der Waals surface area contributed by atoms with Crippen LogP contribution in [0.15, 0.2) is 54.1 Å². The van der Waals surface area contributed by atoms with Crippen LogP contribution in [0.1, 0.15) is 42.7 Å². The number of amides is 1. The molecule has 2 bridgehead atoms. The van der Waals surface area contributed by atoms with Gasteiger partial charge in [-0.1, -0.05) is 23.8 Å². The van der Waals surface area contributed by atoms with E-state index in [-0.39, 0.29) is 35.6 Å². The van der Waals surface area contributed by atoms with Gasteiger partial charge in [-0.25, -0.2) is 4.39 Å². The predicted molar refractivity (Wildman–Crippen MR) is 132 cm³/mol. The van der Waals surface area contributed by atoms with Crippen LogP contribution in [0.4, 0.5) is 4.39 Å². The van der Waals surface area contributed by atoms with E-state index in [4.69, 9.17) is 4.74 Å². The van der Waals surface area contributed by atoms with E-state index in [1.54, 1.807) is 22.9 Å². The van der Waals surface area contributed by atoms with Gasteiger partial charge in [0.15, 0.2) is 5.69 Å². The Morgan fingerprint density at radius 3 is 2.57 bits per heavy atom. The Morgan fingerprint density at radius 1 is 1.17 bits per heavy atom. The van der Waals surface area contributed by atoms with Crippen LogP contribution in [0, 0.1) is 5.82 Å². The van der Waals surface area contributed by atoms with Crippen molar-refractivity contribution < 1.29 is 19.0 Å². The van der Waals surface area contributed by atoms with Crippen LogP contribution < -0.4 is 5.32 Å². The Labute approximate surface area is 204 Å². The van der Waals surface area contributed by atoms with Crippen molar-refractivity contribution in [3.8, 4) is 5.75 Å². The van der Waals surface area contributed by atoms with E-state index in [1.165, 1.54) is 17.7 Å². The summed E-state index contributed by atoms with van der Waals surface area (Å²) in [7, 11) is 0. The lowest BCUT2D eigenvalue weighted by Crippen LogP contribution is -2.60. The molecule has 0 spiro atoms. The van der Waals surface area contributed by atoms with Gasteiger partial charge in [-0.15, -0.1) is 0 Å². The van der Waals surface area contributed by atoms with Crippen molar-refractivity contribution in [2.45, 2.75) is 57.9 Å². The number of hydrogen-bond donors (Lipinski definition) is 2. The smallest absolute Gasteiger partial charge is 0.272 e. The molecule has 0 aliphatic carbocycles. The number of allylic oxidation sites excluding steroid dienone is 2. The second-order valence-electron chi connectivity index (χ2n) is 9.80. The molecule has 2 unspecified atom stereocenters. The molecule has 2 aliphatic heterocycles. The summed E-state index contributed by atoms with van der Waals surface area (Å²) in [5.41, 5.74) is 3.37. The summed E-state index contributed by atoms with van der Waals surface area (Å²) in [4.78, 5) is 15.8. The van der Waals surface area contributed by atoms with Gasteiger partial charge in [0.2, 0.25) is 0 Å². The van der Waals surface area contributed by atoms with Crippen molar-refractivity contribution in [1.82, 2.24) is 20.0 Å². The fourth-order valence-electron chi connectivity index (χ4n) is 5.16. The van der Waals surface area contributed by atoms with E-state index in [2.05, 4.69) is 21.4 Å². The van der Waals surface area contributed by atoms with Gasteiger partial charge < -0.3 is 15.2 Å². The molecule has 2 N–H and O–H groups in total. The summed E-state index contributed by atoms with van der Waals surface area (Å²) in [5.74, 6) is -0.357. The Bertz CT molecular complexity index is 1240. The molecule has 3 aromatic rings. The first-order valence-corrected chi connectivity index (χ1v) is 12.1. The van der Waals surface area contributed by atoms with E-state index in [9.17, 15) is 14.3 Å². The highest BCUT2D eigenvalue weighted by molar-refractivity contribution is 6.05. The third-order valence-corrected chi connectivity index (χ3v) is 6.91. The van der Waals surface area contributed by atoms with Gasteiger partial charge in [0.05, 0.1) is 25.3 Å². The molecule has 1 aromatic heterocycles. The molecule has 8 heteroatoms. The summed E-state index contributed by atoms with van der Waals surface area (Å²) in [6.45, 7) is 6.55. The molecule has 35 heavy (non-hydrogen) atoms. The number of fused-ring (bicyclic) bond motifs is 3. The fourth-order valence-corrected chi connectivity index (χ4v) is 5.16. The van der Waals surface area contributed by atoms with Crippen LogP contribution in [0.5, 0.6) is 5.75 Å². The van der Waals surface area contributed by atoms with Gasteiger partial charge in [0.1, 0.15) is 11.6 Å². The lowest BCUT2D eigenvalue weighted by Gasteiger charge is -2.48. The number of aromatic nitrogens is 2. The maximum Gasteiger partial charge on any atom is 0.272 e. The van der Waals surface area contributed by atoms with Crippen molar-refractivity contribution in [3.05, 3.63) is 71.2 Å². The Kier molecular flexibility index (Phi) is 6.58. The highest BCUT2D eigenvalue weighted by Crippen LogP contribution is 2.30. The molecule has 7 nitrogen and oxygen atoms in total. The standard InChI is InChI=1S/C27H31FN4O3/c1-17(2)9-10-32-25-8-7-23(33)13-24(25)26(30-32)27(34)29-20-11-21-15-35-16-22(12-20)31(21)14-18-3-5-19(28)6-4-18/h3-9,13,20-22,33H,10-12,14-16H2,1-2H3,(H,29,34). The minimum Gasteiger partial charge on any atom is -0.508 e. The number of piperidine rings is 1. The SMILES string of the molecule is CC(C)=CCn1nc(C(=O)NC2CC3COCC(C2)N3Cc2ccc(F)cc2)c2cc(O)ccc21. The lowest BCUT2D eigenvalue weighted by atomic mass is 9.89. The van der Waals surface area contributed by atoms with Crippen molar-refractivity contribution in [2.75, 3.05) is 13.2 Å². The number of carbonyl (C=O) groups is 1. The van der Waals surface area contributed by atoms with Gasteiger partial charge in [0, 0.05) is 30.1 Å². The van der Waals surface area contributed by atoms with E-state index in [1.807, 2.05) is 26.0 Å². The molecule has 0 radical (unpaired) electrons. The number of aromatic hydroxyl groups is 1. The minimum absolute atomic E-state index is 0.00107. The number of ether oxygens (including phenoxy) is 1. The molecule has 1 amide bonds. The largest absolute Gasteiger partial charge is 0.508 e. The molecule has 2 aliphatic rings. The molecule has 3 heterocycles. The summed E-state index contributed by atoms with van der Waals surface area (Å²) >= 11 is 0. The Hall–Kier alpha value is -3.23. The predicted octanol–water partition coefficient (Wildman–Crippen LogP) is 4.01. The maximum absolute atomic E-state index is 13.3. The van der Waals surface area contributed by atoms with E-state index in [0.717, 1.165) is 30.5 Å². The topological polar surface area (TPSA) is 79.6 Å². The molecular weight excluding hydrogens is 447 g/mol. The molecule has 184 valence electrons. The maximum atomic E-state index is 13.3. The van der Waals surface area contributed by atoms with Crippen LogP contribution in [-0.2, 0) is 17.8 Å². The number of nitrogens with one attached hydrogen (secondary N) is 1. The van der Waals surface area contributed by atoms with Gasteiger partial charge in [-0.2, -0.15) is 5.10 Å². The second kappa shape index (κ2) is 9.79. The number of nitrogens with zero attached hydrogens (tertiary/aromatic N) is 3. The van der Waals surface area contributed by atoms with Gasteiger partial charge >= 0.3 is 0 Å². The van der Waals surface area contributed by atoms with Crippen molar-refractivity contribution in [1.29, 1.82) is 0 Å². The third-order valence-electron chi connectivity index (χ3n) is 6.91. The summed E-state index contributed by atoms with van der Waals surface area (Å²) < 4.78 is 20.9. The summed E-state index contributed by atoms with van der Waals surface area (Å²) in [5, 5.41) is 18.5. The van der Waals surface area contributed by atoms with E-state index in [0.29, 0.717) is 30.8 Å². The highest BCUT2D eigenvalue weighted by atomic mass is 19.1. The number of halogens is 1. The number of hydrogen-bond acceptors (Lipinski definition) is 5. The number of phenolic OH excluding ortho intramolecular Hbond substituents is 1. The normalized spacial score (nSPS) is 22.2. The summed E-state index contributed by atoms with van der Waals surface area (Å²) in [6, 6.07) is 12.0. The molecule has 0 saturated carbocycles. The monoisotopic (exact) mass is 478 g/mol. The average molecular weight is 479 g/mol. The third kappa shape index (κ3) is 5.09. The first kappa shape index (κ1) is 23.5. The second-order valence-corrected chi connectivity index (χ2v) is 9.80. The minimum atomic E-state index is -0.233. The first-order chi connectivity index (χ1) is 16.9. The summed E-state index contributed by atoms with van der Waals surface area (Å²) in [6.07, 6.45) is 3.59. The zero-order valence-electron chi connectivity index (χ0n) is 20.1. The molecular formula is C27H31FN4O3. The number of benzene rings is 2. The number of phenols is 1. The van der Waals surface area contributed by atoms with Crippen molar-refractivity contribution in [2.24, 2.45) is 0 Å². The molecule has 2 saturated heterocycles. The molecule has 2 fully saturated rings. The fraction of sp³-hybridized carbons (Fsp3) is 0.407. The van der Waals surface area contributed by atoms with Crippen LogP contribution >= 0.6 is 0 Å². The molecule has 2 atom stereocenters. The van der Waals surface area contributed by atoms with Gasteiger partial charge in [-0.05, 0) is 62.6 Å². The highest BCUT2D eigenvalue weighted by Gasteiger charge is 2.39. The average Bonchev–Trinajstić information content (AvgIpc) is 3.17. The Balaban J connectivity index is 1.32. The van der Waals surface area contributed by atoms with E-state index < -0.39 is 0 Å². The zero-order valence-corrected chi connectivity index (χ0v) is 20.1. The van der Waals surface area contributed by atoms with Crippen LogP contribution in [0.3, 0.4) is 0 Å². The quantitative estimate of drug-likeness (QED) is 0.524. The van der Waals surface area contributed by atoms with Gasteiger partial charge in [-0.3, -0.25) is 14.4 Å². The number of carbonyl (C=O) groups excluding carboxylic acids is 1. The van der Waals surface area contributed by atoms with E-state index >= 15 is 0 Å². The van der Waals surface area contributed by atoms with Crippen LogP contribution in [0.2, 0.25) is 0 Å².